The maximum atomic E-state index is 5.39. The quantitative estimate of drug-likeness (QED) is 0.376. The van der Waals surface area contributed by atoms with Gasteiger partial charge in [-0.15, -0.1) is 11.6 Å². The number of halogens is 1. The molecule has 0 aromatic rings. The number of hydrogen-bond donors (Lipinski definition) is 0. The Kier molecular flexibility index (Phi) is 3.44. The predicted molar refractivity (Wildman–Crippen MR) is 32.5 cm³/mol. The highest BCUT2D eigenvalue weighted by Crippen LogP contribution is 1.89. The summed E-state index contributed by atoms with van der Waals surface area (Å²) < 4.78 is 0. The minimum Gasteiger partial charge on any atom is -0.118 e. The highest BCUT2D eigenvalue weighted by atomic mass is 35.5. The summed E-state index contributed by atoms with van der Waals surface area (Å²) in [6, 6.07) is 0. The van der Waals surface area contributed by atoms with Crippen molar-refractivity contribution in [2.24, 2.45) is 0 Å². The van der Waals surface area contributed by atoms with Crippen LogP contribution in [0.2, 0.25) is 0 Å². The van der Waals surface area contributed by atoms with Crippen LogP contribution in [-0.2, 0) is 0 Å². The fourth-order valence-corrected chi connectivity index (χ4v) is 0.436. The number of allylic oxidation sites excluding steroid dienone is 1. The Morgan fingerprint density at radius 1 is 2.00 bits per heavy atom. The zero-order valence-electron chi connectivity index (χ0n) is 3.44. The molecular formula is C4H5ClS. The summed E-state index contributed by atoms with van der Waals surface area (Å²) >= 11 is 9.73. The van der Waals surface area contributed by atoms with Crippen molar-refractivity contribution >= 4 is 28.8 Å². The largest absolute Gasteiger partial charge is 0.118 e. The molecule has 0 N–H and O–H groups in total. The van der Waals surface area contributed by atoms with Crippen LogP contribution in [0.15, 0.2) is 6.08 Å². The Balaban J connectivity index is 3.29. The Morgan fingerprint density at radius 2 is 2.50 bits per heavy atom. The van der Waals surface area contributed by atoms with Gasteiger partial charge in [-0.1, -0.05) is 0 Å². The van der Waals surface area contributed by atoms with Gasteiger partial charge in [0.2, 0.25) is 0 Å². The van der Waals surface area contributed by atoms with Crippen LogP contribution in [0.5, 0.6) is 0 Å². The van der Waals surface area contributed by atoms with E-state index in [-0.39, 0.29) is 5.38 Å². The van der Waals surface area contributed by atoms with Gasteiger partial charge in [-0.25, -0.2) is 0 Å². The molecule has 0 nitrogen and oxygen atoms in total. The number of hydrogen-bond acceptors (Lipinski definition) is 1. The molecule has 0 aliphatic rings. The van der Waals surface area contributed by atoms with Crippen molar-refractivity contribution in [3.8, 4) is 0 Å². The summed E-state index contributed by atoms with van der Waals surface area (Å²) in [6.45, 7) is 1.83. The fourth-order valence-electron chi connectivity index (χ4n) is 0.0938. The monoisotopic (exact) mass is 120 g/mol. The van der Waals surface area contributed by atoms with E-state index in [0.717, 1.165) is 0 Å². The zero-order valence-corrected chi connectivity index (χ0v) is 5.01. The Labute approximate surface area is 47.8 Å². The van der Waals surface area contributed by atoms with Crippen LogP contribution in [0.4, 0.5) is 0 Å². The van der Waals surface area contributed by atoms with E-state index in [4.69, 9.17) is 11.6 Å². The Bertz CT molecular complexity index is 71.6. The van der Waals surface area contributed by atoms with Gasteiger partial charge in [-0.3, -0.25) is 0 Å². The van der Waals surface area contributed by atoms with Crippen LogP contribution in [0, 0.1) is 0 Å². The third kappa shape index (κ3) is 4.16. The lowest BCUT2D eigenvalue weighted by Gasteiger charge is -1.80. The van der Waals surface area contributed by atoms with E-state index in [9.17, 15) is 0 Å². The van der Waals surface area contributed by atoms with E-state index in [1.54, 1.807) is 6.08 Å². The molecule has 0 saturated heterocycles. The van der Waals surface area contributed by atoms with Crippen LogP contribution in [0.3, 0.4) is 0 Å². The standard InChI is InChI=1S/C4H5ClS/c1-4(5)2-3-6/h2,4H,1H3. The van der Waals surface area contributed by atoms with Crippen LogP contribution < -0.4 is 0 Å². The van der Waals surface area contributed by atoms with Gasteiger partial charge in [0.25, 0.3) is 0 Å². The normalized spacial score (nSPS) is 12.3. The first-order chi connectivity index (χ1) is 2.77. The molecule has 0 aromatic heterocycles. The molecule has 0 saturated carbocycles. The molecule has 0 spiro atoms. The van der Waals surface area contributed by atoms with Crippen molar-refractivity contribution < 1.29 is 0 Å². The molecule has 0 aromatic carbocycles. The molecule has 0 amide bonds. The van der Waals surface area contributed by atoms with Crippen LogP contribution in [0.1, 0.15) is 6.92 Å². The number of rotatable bonds is 1. The molecule has 0 aliphatic heterocycles. The van der Waals surface area contributed by atoms with E-state index < -0.39 is 0 Å². The fraction of sp³-hybridized carbons (Fsp3) is 0.500. The summed E-state index contributed by atoms with van der Waals surface area (Å²) in [7, 11) is 0. The number of alkyl halides is 1. The maximum absolute atomic E-state index is 5.39. The van der Waals surface area contributed by atoms with Crippen LogP contribution in [-0.4, -0.2) is 10.4 Å². The molecule has 6 heavy (non-hydrogen) atoms. The highest BCUT2D eigenvalue weighted by Gasteiger charge is 1.80. The van der Waals surface area contributed by atoms with Crippen LogP contribution in [0.25, 0.3) is 0 Å². The summed E-state index contributed by atoms with van der Waals surface area (Å²) in [5, 5.41) is 2.42. The van der Waals surface area contributed by atoms with Gasteiger partial charge in [-0.05, 0) is 30.2 Å². The molecule has 0 fully saturated rings. The summed E-state index contributed by atoms with van der Waals surface area (Å²) in [4.78, 5) is 0. The van der Waals surface area contributed by atoms with Gasteiger partial charge in [0.15, 0.2) is 0 Å². The molecule has 0 radical (unpaired) electrons. The molecule has 0 bridgehead atoms. The molecule has 0 rings (SSSR count). The highest BCUT2D eigenvalue weighted by molar-refractivity contribution is 7.78. The first kappa shape index (κ1) is 6.16. The third-order valence-electron chi connectivity index (χ3n) is 0.298. The Hall–Kier alpha value is 0.160. The average Bonchev–Trinajstić information content (AvgIpc) is 1.35. The van der Waals surface area contributed by atoms with Gasteiger partial charge in [0, 0.05) is 0 Å². The average molecular weight is 121 g/mol. The molecule has 1 atom stereocenters. The SMILES string of the molecule is CC(Cl)C=C=S. The van der Waals surface area contributed by atoms with E-state index in [2.05, 4.69) is 17.2 Å². The second kappa shape index (κ2) is 3.35. The topological polar surface area (TPSA) is 0 Å². The van der Waals surface area contributed by atoms with Gasteiger partial charge < -0.3 is 0 Å². The van der Waals surface area contributed by atoms with E-state index >= 15 is 0 Å². The van der Waals surface area contributed by atoms with E-state index in [1.165, 1.54) is 0 Å². The summed E-state index contributed by atoms with van der Waals surface area (Å²) in [5.74, 6) is 0. The third-order valence-corrected chi connectivity index (χ3v) is 0.560. The predicted octanol–water partition coefficient (Wildman–Crippen LogP) is 1.77. The van der Waals surface area contributed by atoms with Gasteiger partial charge >= 0.3 is 0 Å². The Morgan fingerprint density at radius 3 is 2.50 bits per heavy atom. The van der Waals surface area contributed by atoms with Crippen molar-refractivity contribution in [1.29, 1.82) is 0 Å². The van der Waals surface area contributed by atoms with Crippen molar-refractivity contribution in [2.45, 2.75) is 12.3 Å². The van der Waals surface area contributed by atoms with E-state index in [0.29, 0.717) is 0 Å². The summed E-state index contributed by atoms with van der Waals surface area (Å²) in [5.41, 5.74) is 0. The molecule has 0 aliphatic carbocycles. The lowest BCUT2D eigenvalue weighted by molar-refractivity contribution is 1.25. The van der Waals surface area contributed by atoms with Crippen molar-refractivity contribution in [3.05, 3.63) is 6.08 Å². The van der Waals surface area contributed by atoms with Gasteiger partial charge in [-0.2, -0.15) is 0 Å². The zero-order chi connectivity index (χ0) is 4.99. The van der Waals surface area contributed by atoms with E-state index in [1.807, 2.05) is 6.92 Å². The summed E-state index contributed by atoms with van der Waals surface area (Å²) in [6.07, 6.45) is 1.62. The van der Waals surface area contributed by atoms with Crippen LogP contribution >= 0.6 is 23.8 Å². The minimum atomic E-state index is 0.0301. The van der Waals surface area contributed by atoms with Crippen molar-refractivity contribution in [3.63, 3.8) is 0 Å². The van der Waals surface area contributed by atoms with Crippen molar-refractivity contribution in [1.82, 2.24) is 0 Å². The maximum Gasteiger partial charge on any atom is 0.0570 e. The smallest absolute Gasteiger partial charge is 0.0570 e. The second-order valence-electron chi connectivity index (χ2n) is 0.962. The molecule has 2 heteroatoms. The van der Waals surface area contributed by atoms with Gasteiger partial charge in [0.1, 0.15) is 0 Å². The molecule has 1 unspecified atom stereocenters. The molecule has 0 heterocycles. The lowest BCUT2D eigenvalue weighted by atomic mass is 10.5. The second-order valence-corrected chi connectivity index (χ2v) is 1.89. The first-order valence-corrected chi connectivity index (χ1v) is 2.47. The molecular weight excluding hydrogens is 116 g/mol. The van der Waals surface area contributed by atoms with Gasteiger partial charge in [0.05, 0.1) is 5.38 Å². The molecule has 34 valence electrons. The number of thiocarbonyl (C=S) groups is 1. The lowest BCUT2D eigenvalue weighted by Crippen LogP contribution is -1.78. The van der Waals surface area contributed by atoms with Crippen molar-refractivity contribution in [2.75, 3.05) is 0 Å². The minimum absolute atomic E-state index is 0.0301. The first-order valence-electron chi connectivity index (χ1n) is 1.62.